The van der Waals surface area contributed by atoms with Gasteiger partial charge in [0, 0.05) is 5.92 Å². The Morgan fingerprint density at radius 1 is 0.960 bits per heavy atom. The molecule has 3 rings (SSSR count). The van der Waals surface area contributed by atoms with Gasteiger partial charge >= 0.3 is 0 Å². The van der Waals surface area contributed by atoms with Gasteiger partial charge in [-0.15, -0.1) is 0 Å². The molecule has 0 spiro atoms. The molecule has 1 saturated heterocycles. The van der Waals surface area contributed by atoms with Crippen molar-refractivity contribution in [1.29, 1.82) is 0 Å². The Morgan fingerprint density at radius 3 is 2.36 bits per heavy atom. The molecule has 10 heteroatoms. The zero-order valence-corrected chi connectivity index (χ0v) is 13.2. The smallest absolute Gasteiger partial charge is 0.237 e. The van der Waals surface area contributed by atoms with Gasteiger partial charge in [0.25, 0.3) is 0 Å². The molecule has 9 atom stereocenters. The molecule has 0 amide bonds. The summed E-state index contributed by atoms with van der Waals surface area (Å²) < 4.78 is 10.5. The van der Waals surface area contributed by atoms with Gasteiger partial charge in [0.05, 0.1) is 31.5 Å². The van der Waals surface area contributed by atoms with E-state index >= 15 is 0 Å². The molecule has 0 aromatic heterocycles. The fourth-order valence-corrected chi connectivity index (χ4v) is 3.29. The van der Waals surface area contributed by atoms with Crippen molar-refractivity contribution in [2.24, 2.45) is 11.8 Å². The lowest BCUT2D eigenvalue weighted by Crippen LogP contribution is -2.59. The Morgan fingerprint density at radius 2 is 1.68 bits per heavy atom. The van der Waals surface area contributed by atoms with Gasteiger partial charge in [0.15, 0.2) is 0 Å². The van der Waals surface area contributed by atoms with Gasteiger partial charge in [-0.3, -0.25) is 0 Å². The first-order valence-electron chi connectivity index (χ1n) is 7.92. The van der Waals surface area contributed by atoms with Gasteiger partial charge in [-0.05, 0) is 11.6 Å². The third-order valence-electron chi connectivity index (χ3n) is 4.70. The summed E-state index contributed by atoms with van der Waals surface area (Å²) in [5, 5.41) is 57.9. The lowest BCUT2D eigenvalue weighted by Gasteiger charge is -2.39. The molecule has 0 bridgehead atoms. The minimum Gasteiger partial charge on any atom is -0.469 e. The van der Waals surface area contributed by atoms with Gasteiger partial charge in [-0.1, -0.05) is 6.08 Å². The molecule has 0 saturated carbocycles. The van der Waals surface area contributed by atoms with E-state index in [1.807, 2.05) is 0 Å². The van der Waals surface area contributed by atoms with Crippen LogP contribution in [-0.2, 0) is 19.2 Å². The van der Waals surface area contributed by atoms with E-state index in [1.54, 1.807) is 6.08 Å². The minimum absolute atomic E-state index is 0.296. The molecule has 0 unspecified atom stereocenters. The zero-order valence-electron chi connectivity index (χ0n) is 13.2. The van der Waals surface area contributed by atoms with Crippen LogP contribution in [0.25, 0.3) is 0 Å². The summed E-state index contributed by atoms with van der Waals surface area (Å²) in [7, 11) is 0. The van der Waals surface area contributed by atoms with E-state index in [4.69, 9.17) is 24.4 Å². The Hall–Kier alpha value is -1.08. The largest absolute Gasteiger partial charge is 0.469 e. The number of ether oxygens (including phenoxy) is 2. The van der Waals surface area contributed by atoms with Crippen LogP contribution < -0.4 is 0 Å². The summed E-state index contributed by atoms with van der Waals surface area (Å²) in [5.41, 5.74) is 0.518. The van der Waals surface area contributed by atoms with Crippen molar-refractivity contribution in [3.63, 3.8) is 0 Å². The van der Waals surface area contributed by atoms with Gasteiger partial charge in [-0.2, -0.15) is 9.78 Å². The molecule has 1 aliphatic carbocycles. The second kappa shape index (κ2) is 7.66. The summed E-state index contributed by atoms with van der Waals surface area (Å²) in [5.74, 6) is -0.866. The topological polar surface area (TPSA) is 158 Å². The second-order valence-electron chi connectivity index (χ2n) is 6.22. The van der Waals surface area contributed by atoms with E-state index in [0.717, 1.165) is 0 Å². The highest BCUT2D eigenvalue weighted by Crippen LogP contribution is 2.40. The monoisotopic (exact) mass is 362 g/mol. The summed E-state index contributed by atoms with van der Waals surface area (Å²) in [4.78, 5) is 10.2. The summed E-state index contributed by atoms with van der Waals surface area (Å²) >= 11 is 0. The van der Waals surface area contributed by atoms with Crippen molar-refractivity contribution in [1.82, 2.24) is 0 Å². The van der Waals surface area contributed by atoms with Gasteiger partial charge in [0.2, 0.25) is 12.6 Å². The molecule has 2 heterocycles. The summed E-state index contributed by atoms with van der Waals surface area (Å²) in [6, 6.07) is 0. The fraction of sp³-hybridized carbons (Fsp3) is 0.733. The SMILES string of the molecule is OCC1=C[C@@H](O)[C@@H]2C=CO[C@@H](OO[C@H]3O[C@H](CO)[C@@H](O)[C@H](O)[C@H]3O)[C@H]12. The van der Waals surface area contributed by atoms with E-state index in [1.165, 1.54) is 12.3 Å². The lowest BCUT2D eigenvalue weighted by atomic mass is 9.88. The molecular weight excluding hydrogens is 340 g/mol. The maximum atomic E-state index is 9.99. The van der Waals surface area contributed by atoms with Crippen LogP contribution in [0.2, 0.25) is 0 Å². The highest BCUT2D eigenvalue weighted by atomic mass is 17.2. The Kier molecular flexibility index (Phi) is 5.73. The van der Waals surface area contributed by atoms with E-state index < -0.39 is 55.6 Å². The van der Waals surface area contributed by atoms with E-state index in [9.17, 15) is 25.5 Å². The normalized spacial score (nSPS) is 46.5. The first-order chi connectivity index (χ1) is 12.0. The van der Waals surface area contributed by atoms with E-state index in [-0.39, 0.29) is 12.5 Å². The number of hydrogen-bond acceptors (Lipinski definition) is 10. The van der Waals surface area contributed by atoms with Crippen LogP contribution in [0.3, 0.4) is 0 Å². The molecule has 0 aromatic carbocycles. The standard InChI is InChI=1S/C15H22O10/c16-4-6-3-8(18)7-1-2-22-14(10(6)7)24-25-15-13(21)12(20)11(19)9(5-17)23-15/h1-3,7-21H,4-5H2/t7-,8+,9+,10+,11+,12-,13+,14-,15+/m0/s1. The molecule has 10 nitrogen and oxygen atoms in total. The van der Waals surface area contributed by atoms with Crippen LogP contribution >= 0.6 is 0 Å². The average Bonchev–Trinajstić information content (AvgIpc) is 2.96. The molecule has 3 aliphatic rings. The Bertz CT molecular complexity index is 520. The number of aliphatic hydroxyl groups is 6. The van der Waals surface area contributed by atoms with Gasteiger partial charge < -0.3 is 40.1 Å². The lowest BCUT2D eigenvalue weighted by molar-refractivity contribution is -0.467. The number of rotatable bonds is 5. The second-order valence-corrected chi connectivity index (χ2v) is 6.22. The van der Waals surface area contributed by atoms with Crippen molar-refractivity contribution in [2.45, 2.75) is 43.1 Å². The third-order valence-corrected chi connectivity index (χ3v) is 4.70. The van der Waals surface area contributed by atoms with Crippen LogP contribution in [0.15, 0.2) is 24.0 Å². The predicted molar refractivity (Wildman–Crippen MR) is 78.1 cm³/mol. The van der Waals surface area contributed by atoms with Crippen molar-refractivity contribution in [2.75, 3.05) is 13.2 Å². The van der Waals surface area contributed by atoms with Crippen LogP contribution in [0.5, 0.6) is 0 Å². The van der Waals surface area contributed by atoms with Crippen LogP contribution in [0, 0.1) is 11.8 Å². The van der Waals surface area contributed by atoms with Crippen LogP contribution in [0.4, 0.5) is 0 Å². The van der Waals surface area contributed by atoms with Crippen LogP contribution in [-0.4, -0.2) is 87.0 Å². The highest BCUT2D eigenvalue weighted by molar-refractivity contribution is 5.25. The Balaban J connectivity index is 1.65. The van der Waals surface area contributed by atoms with Crippen molar-refractivity contribution >= 4 is 0 Å². The molecule has 0 radical (unpaired) electrons. The third kappa shape index (κ3) is 3.45. The maximum Gasteiger partial charge on any atom is 0.237 e. The van der Waals surface area contributed by atoms with Crippen LogP contribution in [0.1, 0.15) is 0 Å². The first kappa shape index (κ1) is 18.7. The molecule has 0 aromatic rings. The van der Waals surface area contributed by atoms with E-state index in [0.29, 0.717) is 5.57 Å². The quantitative estimate of drug-likeness (QED) is 0.171. The molecule has 1 fully saturated rings. The fourth-order valence-electron chi connectivity index (χ4n) is 3.29. The highest BCUT2D eigenvalue weighted by Gasteiger charge is 2.47. The molecule has 25 heavy (non-hydrogen) atoms. The Labute approximate surface area is 143 Å². The minimum atomic E-state index is -1.62. The van der Waals surface area contributed by atoms with Gasteiger partial charge in [0.1, 0.15) is 24.4 Å². The molecular formula is C15H22O10. The first-order valence-corrected chi connectivity index (χ1v) is 7.92. The maximum absolute atomic E-state index is 9.99. The van der Waals surface area contributed by atoms with Crippen molar-refractivity contribution in [3.8, 4) is 0 Å². The van der Waals surface area contributed by atoms with Crippen molar-refractivity contribution < 1.29 is 49.9 Å². The van der Waals surface area contributed by atoms with E-state index in [2.05, 4.69) is 0 Å². The number of hydrogen-bond donors (Lipinski definition) is 6. The average molecular weight is 362 g/mol. The van der Waals surface area contributed by atoms with Gasteiger partial charge in [-0.25, -0.2) is 0 Å². The molecule has 2 aliphatic heterocycles. The predicted octanol–water partition coefficient (Wildman–Crippen LogP) is -2.87. The zero-order chi connectivity index (χ0) is 18.1. The molecule has 6 N–H and O–H groups in total. The summed E-state index contributed by atoms with van der Waals surface area (Å²) in [6.07, 6.45) is -4.67. The molecule has 142 valence electrons. The van der Waals surface area contributed by atoms with Crippen molar-refractivity contribution in [3.05, 3.63) is 24.0 Å². The number of aliphatic hydroxyl groups excluding tert-OH is 6. The summed E-state index contributed by atoms with van der Waals surface area (Å²) in [6.45, 7) is -0.892. The number of fused-ring (bicyclic) bond motifs is 1.